The van der Waals surface area contributed by atoms with Crippen LogP contribution < -0.4 is 16.7 Å². The second-order valence-corrected chi connectivity index (χ2v) is 4.51. The van der Waals surface area contributed by atoms with Gasteiger partial charge >= 0.3 is 11.4 Å². The summed E-state index contributed by atoms with van der Waals surface area (Å²) in [5.41, 5.74) is 0.114. The van der Waals surface area contributed by atoms with Gasteiger partial charge in [-0.1, -0.05) is 11.6 Å². The Labute approximate surface area is 114 Å². The SMILES string of the molecule is CNc1nc(=O)n(-c2ccc(Cl)cc2C)c(=O)n1C. The van der Waals surface area contributed by atoms with Crippen LogP contribution in [-0.4, -0.2) is 21.2 Å². The van der Waals surface area contributed by atoms with Gasteiger partial charge in [-0.05, 0) is 30.7 Å². The second-order valence-electron chi connectivity index (χ2n) is 4.08. The molecule has 0 atom stereocenters. The maximum atomic E-state index is 12.2. The van der Waals surface area contributed by atoms with Crippen molar-refractivity contribution in [2.24, 2.45) is 7.05 Å². The van der Waals surface area contributed by atoms with E-state index in [9.17, 15) is 9.59 Å². The molecular formula is C12H13ClN4O2. The molecule has 0 saturated carbocycles. The first kappa shape index (κ1) is 13.4. The summed E-state index contributed by atoms with van der Waals surface area (Å²) in [4.78, 5) is 28.0. The molecule has 7 heteroatoms. The number of halogens is 1. The number of nitrogens with zero attached hydrogens (tertiary/aromatic N) is 3. The molecular weight excluding hydrogens is 268 g/mol. The van der Waals surface area contributed by atoms with Crippen molar-refractivity contribution in [1.82, 2.24) is 14.1 Å². The van der Waals surface area contributed by atoms with Crippen LogP contribution in [0.15, 0.2) is 27.8 Å². The van der Waals surface area contributed by atoms with Gasteiger partial charge in [0.15, 0.2) is 0 Å². The molecule has 1 N–H and O–H groups in total. The minimum atomic E-state index is -0.627. The van der Waals surface area contributed by atoms with Crippen LogP contribution in [0.5, 0.6) is 0 Å². The third-order valence-corrected chi connectivity index (χ3v) is 3.05. The molecule has 2 rings (SSSR count). The van der Waals surface area contributed by atoms with Crippen molar-refractivity contribution < 1.29 is 0 Å². The van der Waals surface area contributed by atoms with E-state index < -0.39 is 11.4 Å². The Morgan fingerprint density at radius 2 is 2.00 bits per heavy atom. The minimum absolute atomic E-state index is 0.220. The molecule has 19 heavy (non-hydrogen) atoms. The largest absolute Gasteiger partial charge is 0.359 e. The van der Waals surface area contributed by atoms with Gasteiger partial charge in [0.1, 0.15) is 0 Å². The number of aromatic nitrogens is 3. The van der Waals surface area contributed by atoms with Gasteiger partial charge in [-0.15, -0.1) is 0 Å². The van der Waals surface area contributed by atoms with Crippen LogP contribution in [0.4, 0.5) is 5.95 Å². The highest BCUT2D eigenvalue weighted by molar-refractivity contribution is 6.30. The lowest BCUT2D eigenvalue weighted by atomic mass is 10.2. The lowest BCUT2D eigenvalue weighted by Crippen LogP contribution is -2.40. The first-order chi connectivity index (χ1) is 8.95. The van der Waals surface area contributed by atoms with E-state index in [-0.39, 0.29) is 5.95 Å². The maximum Gasteiger partial charge on any atom is 0.359 e. The normalized spacial score (nSPS) is 10.5. The number of hydrogen-bond acceptors (Lipinski definition) is 4. The Morgan fingerprint density at radius 3 is 2.58 bits per heavy atom. The fourth-order valence-electron chi connectivity index (χ4n) is 1.84. The van der Waals surface area contributed by atoms with Crippen LogP contribution in [0.1, 0.15) is 5.56 Å². The monoisotopic (exact) mass is 280 g/mol. The van der Waals surface area contributed by atoms with E-state index in [1.165, 1.54) is 4.57 Å². The molecule has 1 aromatic carbocycles. The Balaban J connectivity index is 2.80. The Hall–Kier alpha value is -2.08. The fraction of sp³-hybridized carbons (Fsp3) is 0.250. The summed E-state index contributed by atoms with van der Waals surface area (Å²) in [6.45, 7) is 1.78. The first-order valence-electron chi connectivity index (χ1n) is 5.60. The number of aryl methyl sites for hydroxylation is 1. The van der Waals surface area contributed by atoms with E-state index >= 15 is 0 Å². The molecule has 0 aliphatic carbocycles. The van der Waals surface area contributed by atoms with Crippen molar-refractivity contribution in [2.45, 2.75) is 6.92 Å². The quantitative estimate of drug-likeness (QED) is 0.889. The molecule has 1 heterocycles. The summed E-state index contributed by atoms with van der Waals surface area (Å²) in [7, 11) is 3.14. The molecule has 1 aromatic heterocycles. The molecule has 100 valence electrons. The predicted octanol–water partition coefficient (Wildman–Crippen LogP) is 0.935. The smallest absolute Gasteiger partial charge is 0.358 e. The van der Waals surface area contributed by atoms with E-state index in [2.05, 4.69) is 10.3 Å². The van der Waals surface area contributed by atoms with Crippen molar-refractivity contribution in [2.75, 3.05) is 12.4 Å². The second kappa shape index (κ2) is 4.89. The molecule has 0 bridgehead atoms. The zero-order chi connectivity index (χ0) is 14.2. The fourth-order valence-corrected chi connectivity index (χ4v) is 2.06. The average molecular weight is 281 g/mol. The molecule has 0 aliphatic heterocycles. The van der Waals surface area contributed by atoms with Gasteiger partial charge < -0.3 is 5.32 Å². The number of benzene rings is 1. The van der Waals surface area contributed by atoms with Gasteiger partial charge in [-0.25, -0.2) is 14.2 Å². The molecule has 2 aromatic rings. The summed E-state index contributed by atoms with van der Waals surface area (Å²) >= 11 is 5.87. The third kappa shape index (κ3) is 2.26. The third-order valence-electron chi connectivity index (χ3n) is 2.81. The first-order valence-corrected chi connectivity index (χ1v) is 5.98. The van der Waals surface area contributed by atoms with Gasteiger partial charge in [-0.2, -0.15) is 4.98 Å². The number of rotatable bonds is 2. The predicted molar refractivity (Wildman–Crippen MR) is 74.4 cm³/mol. The topological polar surface area (TPSA) is 68.9 Å². The standard InChI is InChI=1S/C12H13ClN4O2/c1-7-6-8(13)4-5-9(7)17-11(18)15-10(14-2)16(3)12(17)19/h4-6H,1-3H3,(H,14,15,18). The molecule has 0 radical (unpaired) electrons. The molecule has 0 aliphatic rings. The highest BCUT2D eigenvalue weighted by atomic mass is 35.5. The van der Waals surface area contributed by atoms with E-state index in [0.29, 0.717) is 10.7 Å². The van der Waals surface area contributed by atoms with Crippen LogP contribution in [0, 0.1) is 6.92 Å². The van der Waals surface area contributed by atoms with Gasteiger partial charge in [0.05, 0.1) is 5.69 Å². The maximum absolute atomic E-state index is 12.2. The van der Waals surface area contributed by atoms with E-state index in [1.54, 1.807) is 39.2 Å². The van der Waals surface area contributed by atoms with Crippen molar-refractivity contribution >= 4 is 17.5 Å². The van der Waals surface area contributed by atoms with Crippen molar-refractivity contribution in [3.63, 3.8) is 0 Å². The molecule has 6 nitrogen and oxygen atoms in total. The molecule has 0 spiro atoms. The summed E-state index contributed by atoms with van der Waals surface area (Å²) < 4.78 is 2.29. The van der Waals surface area contributed by atoms with Crippen molar-refractivity contribution in [3.05, 3.63) is 49.8 Å². The summed E-state index contributed by atoms with van der Waals surface area (Å²) in [5, 5.41) is 3.24. The highest BCUT2D eigenvalue weighted by Gasteiger charge is 2.12. The Kier molecular flexibility index (Phi) is 3.44. The van der Waals surface area contributed by atoms with Gasteiger partial charge in [0.2, 0.25) is 5.95 Å². The Morgan fingerprint density at radius 1 is 1.32 bits per heavy atom. The number of nitrogens with one attached hydrogen (secondary N) is 1. The van der Waals surface area contributed by atoms with Gasteiger partial charge in [0, 0.05) is 19.1 Å². The zero-order valence-corrected chi connectivity index (χ0v) is 11.5. The number of anilines is 1. The van der Waals surface area contributed by atoms with Crippen LogP contribution in [0.2, 0.25) is 5.02 Å². The highest BCUT2D eigenvalue weighted by Crippen LogP contribution is 2.16. The van der Waals surface area contributed by atoms with Crippen LogP contribution in [0.3, 0.4) is 0 Å². The summed E-state index contributed by atoms with van der Waals surface area (Å²) in [6, 6.07) is 4.94. The van der Waals surface area contributed by atoms with Gasteiger partial charge in [0.25, 0.3) is 0 Å². The lowest BCUT2D eigenvalue weighted by Gasteiger charge is -2.11. The van der Waals surface area contributed by atoms with E-state index in [1.807, 2.05) is 0 Å². The zero-order valence-electron chi connectivity index (χ0n) is 10.8. The molecule has 0 fully saturated rings. The van der Waals surface area contributed by atoms with Crippen LogP contribution in [-0.2, 0) is 7.05 Å². The van der Waals surface area contributed by atoms with Crippen LogP contribution in [0.25, 0.3) is 5.69 Å². The summed E-state index contributed by atoms with van der Waals surface area (Å²) in [5.74, 6) is 0.220. The number of hydrogen-bond donors (Lipinski definition) is 1. The average Bonchev–Trinajstić information content (AvgIpc) is 2.36. The molecule has 0 saturated heterocycles. The van der Waals surface area contributed by atoms with Crippen LogP contribution >= 0.6 is 11.6 Å². The minimum Gasteiger partial charge on any atom is -0.358 e. The van der Waals surface area contributed by atoms with Gasteiger partial charge in [-0.3, -0.25) is 4.57 Å². The molecule has 0 amide bonds. The van der Waals surface area contributed by atoms with Crippen molar-refractivity contribution in [1.29, 1.82) is 0 Å². The van der Waals surface area contributed by atoms with E-state index in [4.69, 9.17) is 11.6 Å². The molecule has 0 unspecified atom stereocenters. The van der Waals surface area contributed by atoms with Crippen molar-refractivity contribution in [3.8, 4) is 5.69 Å². The Bertz CT molecular complexity index is 748. The summed E-state index contributed by atoms with van der Waals surface area (Å²) in [6.07, 6.45) is 0. The van der Waals surface area contributed by atoms with E-state index in [0.717, 1.165) is 10.1 Å². The lowest BCUT2D eigenvalue weighted by molar-refractivity contribution is 0.700.